The summed E-state index contributed by atoms with van der Waals surface area (Å²) in [5, 5.41) is 5.48. The number of carbonyl (C=O) groups excluding carboxylic acids is 2. The lowest BCUT2D eigenvalue weighted by Crippen LogP contribution is -2.11. The molecule has 2 heterocycles. The molecule has 0 saturated carbocycles. The van der Waals surface area contributed by atoms with Gasteiger partial charge < -0.3 is 13.9 Å². The molecular weight excluding hydrogens is 474 g/mol. The van der Waals surface area contributed by atoms with Gasteiger partial charge in [0.25, 0.3) is 5.91 Å². The van der Waals surface area contributed by atoms with Crippen LogP contribution in [-0.4, -0.2) is 19.0 Å². The fourth-order valence-corrected chi connectivity index (χ4v) is 4.77. The summed E-state index contributed by atoms with van der Waals surface area (Å²) in [5.74, 6) is 0.634. The normalized spacial score (nSPS) is 10.9. The molecule has 0 saturated heterocycles. The number of amides is 1. The SMILES string of the molecule is COc1ccc(-c2cc(OC(C)=O)c3c(-c4cccs4)c(NC(=O)c4ccc(C)cc4)oc3c2)cc1. The van der Waals surface area contributed by atoms with E-state index in [1.807, 2.05) is 73.0 Å². The third kappa shape index (κ3) is 4.61. The van der Waals surface area contributed by atoms with Crippen molar-refractivity contribution in [3.63, 3.8) is 0 Å². The first-order valence-electron chi connectivity index (χ1n) is 11.3. The number of fused-ring (bicyclic) bond motifs is 1. The highest BCUT2D eigenvalue weighted by Crippen LogP contribution is 2.46. The average Bonchev–Trinajstić information content (AvgIpc) is 3.52. The molecule has 0 atom stereocenters. The number of nitrogens with one attached hydrogen (secondary N) is 1. The second-order valence-corrected chi connectivity index (χ2v) is 9.22. The maximum atomic E-state index is 13.1. The first-order chi connectivity index (χ1) is 17.4. The van der Waals surface area contributed by atoms with Gasteiger partial charge in [0, 0.05) is 17.4 Å². The number of aryl methyl sites for hydroxylation is 1. The number of benzene rings is 3. The van der Waals surface area contributed by atoms with Gasteiger partial charge in [-0.05, 0) is 65.9 Å². The van der Waals surface area contributed by atoms with E-state index in [4.69, 9.17) is 13.9 Å². The van der Waals surface area contributed by atoms with E-state index < -0.39 is 5.97 Å². The molecule has 7 heteroatoms. The van der Waals surface area contributed by atoms with Gasteiger partial charge in [0.1, 0.15) is 17.1 Å². The molecule has 180 valence electrons. The highest BCUT2D eigenvalue weighted by molar-refractivity contribution is 7.13. The van der Waals surface area contributed by atoms with Crippen LogP contribution in [0.3, 0.4) is 0 Å². The summed E-state index contributed by atoms with van der Waals surface area (Å²) in [6.45, 7) is 3.32. The molecule has 5 aromatic rings. The summed E-state index contributed by atoms with van der Waals surface area (Å²) in [7, 11) is 1.61. The average molecular weight is 498 g/mol. The van der Waals surface area contributed by atoms with E-state index >= 15 is 0 Å². The second-order valence-electron chi connectivity index (χ2n) is 8.27. The van der Waals surface area contributed by atoms with E-state index in [1.54, 1.807) is 19.2 Å². The molecular formula is C29H23NO5S. The summed E-state index contributed by atoms with van der Waals surface area (Å²) in [6, 6.07) is 22.4. The van der Waals surface area contributed by atoms with Crippen molar-refractivity contribution in [2.24, 2.45) is 0 Å². The molecule has 0 radical (unpaired) electrons. The van der Waals surface area contributed by atoms with Crippen LogP contribution in [0.25, 0.3) is 32.5 Å². The number of rotatable bonds is 6. The van der Waals surface area contributed by atoms with Crippen LogP contribution < -0.4 is 14.8 Å². The van der Waals surface area contributed by atoms with E-state index in [0.29, 0.717) is 33.7 Å². The van der Waals surface area contributed by atoms with Crippen LogP contribution in [0.1, 0.15) is 22.8 Å². The van der Waals surface area contributed by atoms with Crippen LogP contribution in [0.5, 0.6) is 11.5 Å². The lowest BCUT2D eigenvalue weighted by Gasteiger charge is -2.09. The Kier molecular flexibility index (Phi) is 6.31. The highest BCUT2D eigenvalue weighted by Gasteiger charge is 2.24. The van der Waals surface area contributed by atoms with Gasteiger partial charge in [-0.2, -0.15) is 0 Å². The van der Waals surface area contributed by atoms with Crippen molar-refractivity contribution in [1.29, 1.82) is 0 Å². The predicted octanol–water partition coefficient (Wildman–Crippen LogP) is 7.32. The monoisotopic (exact) mass is 497 g/mol. The van der Waals surface area contributed by atoms with Gasteiger partial charge in [-0.1, -0.05) is 35.9 Å². The third-order valence-electron chi connectivity index (χ3n) is 5.74. The minimum Gasteiger partial charge on any atom is -0.497 e. The summed E-state index contributed by atoms with van der Waals surface area (Å²) < 4.78 is 17.1. The van der Waals surface area contributed by atoms with Crippen LogP contribution in [0, 0.1) is 6.92 Å². The predicted molar refractivity (Wildman–Crippen MR) is 142 cm³/mol. The van der Waals surface area contributed by atoms with Crippen molar-refractivity contribution < 1.29 is 23.5 Å². The minimum absolute atomic E-state index is 0.290. The lowest BCUT2D eigenvalue weighted by atomic mass is 10.0. The number of anilines is 1. The highest BCUT2D eigenvalue weighted by atomic mass is 32.1. The summed E-state index contributed by atoms with van der Waals surface area (Å²) in [4.78, 5) is 26.0. The number of hydrogen-bond donors (Lipinski definition) is 1. The lowest BCUT2D eigenvalue weighted by molar-refractivity contribution is -0.131. The molecule has 5 rings (SSSR count). The first kappa shape index (κ1) is 23.4. The summed E-state index contributed by atoms with van der Waals surface area (Å²) in [5.41, 5.74) is 4.42. The Morgan fingerprint density at radius 1 is 0.944 bits per heavy atom. The van der Waals surface area contributed by atoms with Gasteiger partial charge in [-0.3, -0.25) is 14.9 Å². The molecule has 0 aliphatic heterocycles. The zero-order chi connectivity index (χ0) is 25.2. The van der Waals surface area contributed by atoms with Gasteiger partial charge in [0.2, 0.25) is 5.88 Å². The zero-order valence-electron chi connectivity index (χ0n) is 20.0. The number of hydrogen-bond acceptors (Lipinski definition) is 6. The Morgan fingerprint density at radius 3 is 2.33 bits per heavy atom. The Labute approximate surface area is 212 Å². The van der Waals surface area contributed by atoms with Crippen LogP contribution in [0.15, 0.2) is 82.6 Å². The molecule has 0 aliphatic rings. The van der Waals surface area contributed by atoms with E-state index in [2.05, 4.69) is 5.32 Å². The maximum Gasteiger partial charge on any atom is 0.308 e. The smallest absolute Gasteiger partial charge is 0.308 e. The Morgan fingerprint density at radius 2 is 1.69 bits per heavy atom. The fourth-order valence-electron chi connectivity index (χ4n) is 4.00. The Bertz CT molecular complexity index is 1550. The molecule has 36 heavy (non-hydrogen) atoms. The number of carbonyl (C=O) groups is 2. The Balaban J connectivity index is 1.68. The van der Waals surface area contributed by atoms with Gasteiger partial charge in [0.05, 0.1) is 18.1 Å². The van der Waals surface area contributed by atoms with Crippen molar-refractivity contribution in [3.05, 3.63) is 89.3 Å². The zero-order valence-corrected chi connectivity index (χ0v) is 20.8. The van der Waals surface area contributed by atoms with Crippen LogP contribution >= 0.6 is 11.3 Å². The van der Waals surface area contributed by atoms with Crippen molar-refractivity contribution in [3.8, 4) is 33.1 Å². The number of thiophene rings is 1. The molecule has 0 spiro atoms. The maximum absolute atomic E-state index is 13.1. The summed E-state index contributed by atoms with van der Waals surface area (Å²) >= 11 is 1.50. The topological polar surface area (TPSA) is 77.8 Å². The van der Waals surface area contributed by atoms with Crippen LogP contribution in [0.2, 0.25) is 0 Å². The second kappa shape index (κ2) is 9.71. The van der Waals surface area contributed by atoms with E-state index in [0.717, 1.165) is 27.3 Å². The fraction of sp³-hybridized carbons (Fsp3) is 0.103. The quantitative estimate of drug-likeness (QED) is 0.196. The molecule has 0 bridgehead atoms. The number of ether oxygens (including phenoxy) is 2. The third-order valence-corrected chi connectivity index (χ3v) is 6.63. The number of methoxy groups -OCH3 is 1. The number of furan rings is 1. The van der Waals surface area contributed by atoms with Gasteiger partial charge >= 0.3 is 5.97 Å². The van der Waals surface area contributed by atoms with Crippen molar-refractivity contribution in [2.45, 2.75) is 13.8 Å². The molecule has 6 nitrogen and oxygen atoms in total. The van der Waals surface area contributed by atoms with Gasteiger partial charge in [0.15, 0.2) is 0 Å². The van der Waals surface area contributed by atoms with Gasteiger partial charge in [-0.25, -0.2) is 0 Å². The molecule has 0 fully saturated rings. The Hall–Kier alpha value is -4.36. The van der Waals surface area contributed by atoms with E-state index in [-0.39, 0.29) is 5.91 Å². The molecule has 3 aromatic carbocycles. The summed E-state index contributed by atoms with van der Waals surface area (Å²) in [6.07, 6.45) is 0. The van der Waals surface area contributed by atoms with Crippen molar-refractivity contribution >= 4 is 40.1 Å². The van der Waals surface area contributed by atoms with Crippen molar-refractivity contribution in [2.75, 3.05) is 12.4 Å². The van der Waals surface area contributed by atoms with Gasteiger partial charge in [-0.15, -0.1) is 11.3 Å². The van der Waals surface area contributed by atoms with Crippen molar-refractivity contribution in [1.82, 2.24) is 0 Å². The number of esters is 1. The van der Waals surface area contributed by atoms with E-state index in [1.165, 1.54) is 18.3 Å². The van der Waals surface area contributed by atoms with Crippen LogP contribution in [-0.2, 0) is 4.79 Å². The first-order valence-corrected chi connectivity index (χ1v) is 12.2. The largest absolute Gasteiger partial charge is 0.497 e. The van der Waals surface area contributed by atoms with Crippen LogP contribution in [0.4, 0.5) is 5.88 Å². The molecule has 1 N–H and O–H groups in total. The molecule has 2 aromatic heterocycles. The molecule has 1 amide bonds. The standard InChI is InChI=1S/C29H23NO5S/c1-17-6-8-20(9-7-17)28(32)30-29-27(25-5-4-14-36-25)26-23(34-18(2)31)15-21(16-24(26)35-29)19-10-12-22(33-3)13-11-19/h4-16H,1-3H3,(H,30,32). The van der Waals surface area contributed by atoms with E-state index in [9.17, 15) is 9.59 Å². The molecule has 0 aliphatic carbocycles. The minimum atomic E-state index is -0.452. The molecule has 0 unspecified atom stereocenters.